The Balaban J connectivity index is 2.82. The monoisotopic (exact) mass is 184 g/mol. The molecule has 1 rings (SSSR count). The van der Waals surface area contributed by atoms with Crippen molar-refractivity contribution in [2.24, 2.45) is 5.73 Å². The third kappa shape index (κ3) is 2.48. The minimum Gasteiger partial charge on any atom is -0.481 e. The summed E-state index contributed by atoms with van der Waals surface area (Å²) in [5.74, 6) is -1.63. The third-order valence-electron chi connectivity index (χ3n) is 1.60. The first kappa shape index (κ1) is 9.60. The summed E-state index contributed by atoms with van der Waals surface area (Å²) in [7, 11) is 0. The molecule has 13 heavy (non-hydrogen) atoms. The Bertz CT molecular complexity index is 317. The van der Waals surface area contributed by atoms with Crippen LogP contribution in [0.4, 0.5) is 4.39 Å². The molecule has 1 aromatic heterocycles. The second kappa shape index (κ2) is 3.95. The lowest BCUT2D eigenvalue weighted by atomic mass is 10.1. The molecule has 1 aromatic rings. The molecule has 0 aromatic carbocycles. The molecule has 0 saturated heterocycles. The highest BCUT2D eigenvalue weighted by atomic mass is 19.1. The van der Waals surface area contributed by atoms with Crippen LogP contribution in [0.25, 0.3) is 0 Å². The molecule has 70 valence electrons. The van der Waals surface area contributed by atoms with Crippen molar-refractivity contribution in [1.82, 2.24) is 4.98 Å². The van der Waals surface area contributed by atoms with Crippen LogP contribution in [0, 0.1) is 5.82 Å². The quantitative estimate of drug-likeness (QED) is 0.724. The number of aliphatic carboxylic acids is 1. The molecule has 0 saturated carbocycles. The highest BCUT2D eigenvalue weighted by Gasteiger charge is 2.13. The molecule has 0 unspecified atom stereocenters. The SMILES string of the molecule is N[C@H](CC(=O)O)c1ccncc1F. The lowest BCUT2D eigenvalue weighted by Crippen LogP contribution is -2.16. The van der Waals surface area contributed by atoms with E-state index >= 15 is 0 Å². The lowest BCUT2D eigenvalue weighted by Gasteiger charge is -2.08. The molecule has 0 bridgehead atoms. The van der Waals surface area contributed by atoms with E-state index in [0.717, 1.165) is 6.20 Å². The zero-order valence-corrected chi connectivity index (χ0v) is 6.77. The third-order valence-corrected chi connectivity index (χ3v) is 1.60. The van der Waals surface area contributed by atoms with Crippen molar-refractivity contribution in [2.75, 3.05) is 0 Å². The number of hydrogen-bond donors (Lipinski definition) is 2. The summed E-state index contributed by atoms with van der Waals surface area (Å²) in [6.45, 7) is 0. The number of pyridine rings is 1. The van der Waals surface area contributed by atoms with Crippen LogP contribution < -0.4 is 5.73 Å². The number of hydrogen-bond acceptors (Lipinski definition) is 3. The summed E-state index contributed by atoms with van der Waals surface area (Å²) in [5, 5.41) is 8.42. The van der Waals surface area contributed by atoms with E-state index in [0.29, 0.717) is 0 Å². The van der Waals surface area contributed by atoms with E-state index in [1.165, 1.54) is 12.3 Å². The molecule has 0 fully saturated rings. The van der Waals surface area contributed by atoms with Crippen LogP contribution in [0.15, 0.2) is 18.5 Å². The van der Waals surface area contributed by atoms with Crippen molar-refractivity contribution in [2.45, 2.75) is 12.5 Å². The molecule has 0 aliphatic heterocycles. The maximum atomic E-state index is 13.0. The Morgan fingerprint density at radius 2 is 2.46 bits per heavy atom. The van der Waals surface area contributed by atoms with Crippen LogP contribution >= 0.6 is 0 Å². The average molecular weight is 184 g/mol. The van der Waals surface area contributed by atoms with Crippen LogP contribution in [0.1, 0.15) is 18.0 Å². The Morgan fingerprint density at radius 1 is 1.77 bits per heavy atom. The van der Waals surface area contributed by atoms with E-state index in [9.17, 15) is 9.18 Å². The Hall–Kier alpha value is -1.49. The Morgan fingerprint density at radius 3 is 3.00 bits per heavy atom. The largest absolute Gasteiger partial charge is 0.481 e. The van der Waals surface area contributed by atoms with Crippen molar-refractivity contribution < 1.29 is 14.3 Å². The van der Waals surface area contributed by atoms with Gasteiger partial charge >= 0.3 is 5.97 Å². The van der Waals surface area contributed by atoms with Crippen molar-refractivity contribution in [3.8, 4) is 0 Å². The van der Waals surface area contributed by atoms with Crippen molar-refractivity contribution in [1.29, 1.82) is 0 Å². The van der Waals surface area contributed by atoms with Gasteiger partial charge < -0.3 is 10.8 Å². The van der Waals surface area contributed by atoms with Gasteiger partial charge in [0.25, 0.3) is 0 Å². The number of nitrogens with zero attached hydrogens (tertiary/aromatic N) is 1. The summed E-state index contributed by atoms with van der Waals surface area (Å²) in [6.07, 6.45) is 2.10. The first-order valence-corrected chi connectivity index (χ1v) is 3.68. The van der Waals surface area contributed by atoms with Gasteiger partial charge in [0, 0.05) is 17.8 Å². The molecule has 0 radical (unpaired) electrons. The standard InChI is InChI=1S/C8H9FN2O2/c9-6-4-11-2-1-5(6)7(10)3-8(12)13/h1-2,4,7H,3,10H2,(H,12,13)/t7-/m1/s1. The van der Waals surface area contributed by atoms with Crippen LogP contribution in [0.5, 0.6) is 0 Å². The van der Waals surface area contributed by atoms with E-state index in [-0.39, 0.29) is 12.0 Å². The van der Waals surface area contributed by atoms with Gasteiger partial charge in [0.05, 0.1) is 12.6 Å². The predicted octanol–water partition coefficient (Wildman–Crippen LogP) is 0.695. The van der Waals surface area contributed by atoms with Crippen LogP contribution in [-0.4, -0.2) is 16.1 Å². The highest BCUT2D eigenvalue weighted by Crippen LogP contribution is 2.15. The second-order valence-corrected chi connectivity index (χ2v) is 2.60. The van der Waals surface area contributed by atoms with Gasteiger partial charge in [-0.1, -0.05) is 0 Å². The first-order chi connectivity index (χ1) is 6.11. The molecular formula is C8H9FN2O2. The van der Waals surface area contributed by atoms with Crippen LogP contribution in [-0.2, 0) is 4.79 Å². The molecule has 0 spiro atoms. The van der Waals surface area contributed by atoms with Crippen molar-refractivity contribution >= 4 is 5.97 Å². The molecule has 4 nitrogen and oxygen atoms in total. The van der Waals surface area contributed by atoms with Gasteiger partial charge in [0.2, 0.25) is 0 Å². The topological polar surface area (TPSA) is 76.2 Å². The summed E-state index contributed by atoms with van der Waals surface area (Å²) in [6, 6.07) is 0.559. The number of rotatable bonds is 3. The number of carboxylic acids is 1. The minimum atomic E-state index is -1.05. The normalized spacial score (nSPS) is 12.5. The number of carboxylic acid groups (broad SMARTS) is 1. The average Bonchev–Trinajstić information content (AvgIpc) is 2.03. The molecule has 0 aliphatic carbocycles. The lowest BCUT2D eigenvalue weighted by molar-refractivity contribution is -0.137. The molecule has 3 N–H and O–H groups in total. The summed E-state index contributed by atoms with van der Waals surface area (Å²) >= 11 is 0. The van der Waals surface area contributed by atoms with Gasteiger partial charge in [-0.15, -0.1) is 0 Å². The summed E-state index contributed by atoms with van der Waals surface area (Å²) in [5.41, 5.74) is 5.63. The number of aromatic nitrogens is 1. The fourth-order valence-electron chi connectivity index (χ4n) is 0.985. The zero-order chi connectivity index (χ0) is 9.84. The number of halogens is 1. The molecule has 1 atom stereocenters. The molecule has 5 heteroatoms. The predicted molar refractivity (Wildman–Crippen MR) is 43.4 cm³/mol. The molecule has 0 aliphatic rings. The second-order valence-electron chi connectivity index (χ2n) is 2.60. The molecule has 1 heterocycles. The van der Waals surface area contributed by atoms with E-state index in [2.05, 4.69) is 4.98 Å². The first-order valence-electron chi connectivity index (χ1n) is 3.68. The van der Waals surface area contributed by atoms with E-state index < -0.39 is 17.8 Å². The smallest absolute Gasteiger partial charge is 0.305 e. The number of carbonyl (C=O) groups is 1. The van der Waals surface area contributed by atoms with Gasteiger partial charge in [0.1, 0.15) is 5.82 Å². The van der Waals surface area contributed by atoms with E-state index in [1.807, 2.05) is 0 Å². The van der Waals surface area contributed by atoms with Gasteiger partial charge in [-0.3, -0.25) is 9.78 Å². The zero-order valence-electron chi connectivity index (χ0n) is 6.77. The van der Waals surface area contributed by atoms with Gasteiger partial charge in [-0.2, -0.15) is 0 Å². The van der Waals surface area contributed by atoms with E-state index in [1.54, 1.807) is 0 Å². The van der Waals surface area contributed by atoms with Crippen molar-refractivity contribution in [3.05, 3.63) is 29.8 Å². The van der Waals surface area contributed by atoms with E-state index in [4.69, 9.17) is 10.8 Å². The Kier molecular flexibility index (Phi) is 2.92. The van der Waals surface area contributed by atoms with Crippen molar-refractivity contribution in [3.63, 3.8) is 0 Å². The maximum absolute atomic E-state index is 13.0. The summed E-state index contributed by atoms with van der Waals surface area (Å²) in [4.78, 5) is 13.8. The fourth-order valence-corrected chi connectivity index (χ4v) is 0.985. The van der Waals surface area contributed by atoms with Gasteiger partial charge in [-0.05, 0) is 6.07 Å². The minimum absolute atomic E-state index is 0.178. The summed E-state index contributed by atoms with van der Waals surface area (Å²) < 4.78 is 13.0. The molecule has 0 amide bonds. The van der Waals surface area contributed by atoms with Crippen LogP contribution in [0.3, 0.4) is 0 Å². The fraction of sp³-hybridized carbons (Fsp3) is 0.250. The van der Waals surface area contributed by atoms with Gasteiger partial charge in [-0.25, -0.2) is 4.39 Å². The number of nitrogens with two attached hydrogens (primary N) is 1. The highest BCUT2D eigenvalue weighted by molar-refractivity contribution is 5.67. The van der Waals surface area contributed by atoms with Crippen LogP contribution in [0.2, 0.25) is 0 Å². The van der Waals surface area contributed by atoms with Gasteiger partial charge in [0.15, 0.2) is 0 Å². The maximum Gasteiger partial charge on any atom is 0.305 e. The molecular weight excluding hydrogens is 175 g/mol. The Labute approximate surface area is 74.2 Å².